The van der Waals surface area contributed by atoms with Crippen molar-refractivity contribution in [2.45, 2.75) is 13.1 Å². The van der Waals surface area contributed by atoms with Crippen molar-refractivity contribution in [1.82, 2.24) is 4.90 Å². The molecule has 2 heterocycles. The molecule has 0 saturated carbocycles. The molecule has 1 aliphatic rings. The third kappa shape index (κ3) is 4.76. The number of hydrogen-bond acceptors (Lipinski definition) is 3. The van der Waals surface area contributed by atoms with Crippen LogP contribution in [0.4, 0.5) is 18.9 Å². The molecule has 0 bridgehead atoms. The quantitative estimate of drug-likeness (QED) is 0.647. The number of nitrogens with zero attached hydrogens (tertiary/aromatic N) is 2. The standard InChI is InChI=1S/C19H16ClF3N2OS/c1-13-2-4-15(27-13)5-7-18(26)25-10-8-24(9-11-25)17-12-14(20)3-6-16(17)19(21,22)23/h2-4,6,12H,8-11H2,1H3. The lowest BCUT2D eigenvalue weighted by Gasteiger charge is -2.36. The number of rotatable bonds is 1. The summed E-state index contributed by atoms with van der Waals surface area (Å²) in [4.78, 5) is 17.3. The van der Waals surface area contributed by atoms with E-state index in [-0.39, 0.29) is 29.7 Å². The summed E-state index contributed by atoms with van der Waals surface area (Å²) in [5, 5.41) is 0.244. The number of aryl methyl sites for hydroxylation is 1. The summed E-state index contributed by atoms with van der Waals surface area (Å²) in [6.45, 7) is 3.15. The largest absolute Gasteiger partial charge is 0.418 e. The summed E-state index contributed by atoms with van der Waals surface area (Å²) >= 11 is 7.40. The van der Waals surface area contributed by atoms with Gasteiger partial charge in [-0.25, -0.2) is 0 Å². The second-order valence-electron chi connectivity index (χ2n) is 6.10. The van der Waals surface area contributed by atoms with E-state index in [0.717, 1.165) is 15.8 Å². The zero-order valence-electron chi connectivity index (χ0n) is 14.4. The number of piperazine rings is 1. The summed E-state index contributed by atoms with van der Waals surface area (Å²) in [5.74, 6) is 5.13. The van der Waals surface area contributed by atoms with Crippen LogP contribution in [-0.2, 0) is 11.0 Å². The maximum Gasteiger partial charge on any atom is 0.418 e. The Balaban J connectivity index is 1.68. The summed E-state index contributed by atoms with van der Waals surface area (Å²) in [6, 6.07) is 7.33. The Morgan fingerprint density at radius 2 is 1.85 bits per heavy atom. The first-order valence-corrected chi connectivity index (χ1v) is 9.42. The van der Waals surface area contributed by atoms with Crippen LogP contribution >= 0.6 is 22.9 Å². The Morgan fingerprint density at radius 3 is 2.44 bits per heavy atom. The topological polar surface area (TPSA) is 23.6 Å². The predicted molar refractivity (Wildman–Crippen MR) is 101 cm³/mol. The average molecular weight is 413 g/mol. The molecule has 3 rings (SSSR count). The minimum absolute atomic E-state index is 0.0437. The van der Waals surface area contributed by atoms with Crippen molar-refractivity contribution in [2.75, 3.05) is 31.1 Å². The van der Waals surface area contributed by atoms with E-state index >= 15 is 0 Å². The van der Waals surface area contributed by atoms with Crippen molar-refractivity contribution in [3.05, 3.63) is 50.7 Å². The van der Waals surface area contributed by atoms with Crippen LogP contribution in [0.15, 0.2) is 30.3 Å². The zero-order valence-corrected chi connectivity index (χ0v) is 16.0. The molecule has 3 nitrogen and oxygen atoms in total. The number of benzene rings is 1. The van der Waals surface area contributed by atoms with Gasteiger partial charge < -0.3 is 9.80 Å². The lowest BCUT2D eigenvalue weighted by Crippen LogP contribution is -2.48. The van der Waals surface area contributed by atoms with Gasteiger partial charge in [0.05, 0.1) is 16.1 Å². The number of thiophene rings is 1. The predicted octanol–water partition coefficient (Wildman–Crippen LogP) is 4.43. The van der Waals surface area contributed by atoms with E-state index in [1.807, 2.05) is 19.1 Å². The van der Waals surface area contributed by atoms with Crippen LogP contribution in [0.25, 0.3) is 0 Å². The van der Waals surface area contributed by atoms with E-state index < -0.39 is 11.7 Å². The normalized spacial score (nSPS) is 14.7. The van der Waals surface area contributed by atoms with Crippen LogP contribution in [0.1, 0.15) is 15.3 Å². The van der Waals surface area contributed by atoms with Crippen molar-refractivity contribution >= 4 is 34.5 Å². The van der Waals surface area contributed by atoms with Gasteiger partial charge >= 0.3 is 6.18 Å². The van der Waals surface area contributed by atoms with Gasteiger partial charge in [-0.3, -0.25) is 4.79 Å². The Kier molecular flexibility index (Phi) is 5.68. The first-order chi connectivity index (χ1) is 12.7. The van der Waals surface area contributed by atoms with Gasteiger partial charge in [0, 0.05) is 42.0 Å². The van der Waals surface area contributed by atoms with Crippen molar-refractivity contribution in [3.63, 3.8) is 0 Å². The lowest BCUT2D eigenvalue weighted by molar-refractivity contribution is -0.137. The zero-order chi connectivity index (χ0) is 19.6. The maximum atomic E-state index is 13.3. The molecule has 1 aromatic heterocycles. The molecule has 1 amide bonds. The summed E-state index contributed by atoms with van der Waals surface area (Å²) in [7, 11) is 0. The number of amides is 1. The maximum absolute atomic E-state index is 13.3. The Labute approximate surface area is 164 Å². The molecule has 0 unspecified atom stereocenters. The second kappa shape index (κ2) is 7.83. The SMILES string of the molecule is Cc1ccc(C#CC(=O)N2CCN(c3cc(Cl)ccc3C(F)(F)F)CC2)s1. The van der Waals surface area contributed by atoms with Crippen molar-refractivity contribution in [3.8, 4) is 11.8 Å². The monoisotopic (exact) mass is 412 g/mol. The van der Waals surface area contributed by atoms with Crippen molar-refractivity contribution in [2.24, 2.45) is 0 Å². The molecule has 27 heavy (non-hydrogen) atoms. The average Bonchev–Trinajstić information content (AvgIpc) is 3.04. The fraction of sp³-hybridized carbons (Fsp3) is 0.316. The van der Waals surface area contributed by atoms with Gasteiger partial charge in [-0.15, -0.1) is 11.3 Å². The lowest BCUT2D eigenvalue weighted by atomic mass is 10.1. The number of halogens is 4. The highest BCUT2D eigenvalue weighted by atomic mass is 35.5. The van der Waals surface area contributed by atoms with Crippen LogP contribution in [0, 0.1) is 18.8 Å². The van der Waals surface area contributed by atoms with Crippen LogP contribution in [0.2, 0.25) is 5.02 Å². The molecule has 0 N–H and O–H groups in total. The van der Waals surface area contributed by atoms with Gasteiger partial charge in [-0.2, -0.15) is 13.2 Å². The molecule has 0 radical (unpaired) electrons. The molecule has 1 aromatic carbocycles. The molecule has 1 aliphatic heterocycles. The van der Waals surface area contributed by atoms with Crippen LogP contribution < -0.4 is 4.90 Å². The smallest absolute Gasteiger partial charge is 0.367 e. The van der Waals surface area contributed by atoms with Gasteiger partial charge in [-0.05, 0) is 43.2 Å². The second-order valence-corrected chi connectivity index (χ2v) is 7.82. The van der Waals surface area contributed by atoms with Crippen LogP contribution in [0.3, 0.4) is 0 Å². The van der Waals surface area contributed by atoms with Crippen molar-refractivity contribution < 1.29 is 18.0 Å². The highest BCUT2D eigenvalue weighted by Gasteiger charge is 2.35. The minimum atomic E-state index is -4.46. The molecule has 0 spiro atoms. The molecule has 8 heteroatoms. The summed E-state index contributed by atoms with van der Waals surface area (Å²) in [5.41, 5.74) is -0.679. The number of anilines is 1. The molecular formula is C19H16ClF3N2OS. The van der Waals surface area contributed by atoms with E-state index in [2.05, 4.69) is 11.8 Å². The van der Waals surface area contributed by atoms with E-state index in [0.29, 0.717) is 13.1 Å². The first kappa shape index (κ1) is 19.6. The van der Waals surface area contributed by atoms with Gasteiger partial charge in [-0.1, -0.05) is 11.6 Å². The number of carbonyl (C=O) groups is 1. The Hall–Kier alpha value is -2.17. The Morgan fingerprint density at radius 1 is 1.15 bits per heavy atom. The third-order valence-corrected chi connectivity index (χ3v) is 5.36. The van der Waals surface area contributed by atoms with E-state index in [4.69, 9.17) is 11.6 Å². The van der Waals surface area contributed by atoms with Gasteiger partial charge in [0.1, 0.15) is 0 Å². The van der Waals surface area contributed by atoms with Gasteiger partial charge in [0.25, 0.3) is 5.91 Å². The highest BCUT2D eigenvalue weighted by molar-refractivity contribution is 7.12. The van der Waals surface area contributed by atoms with Crippen LogP contribution in [-0.4, -0.2) is 37.0 Å². The molecule has 142 valence electrons. The van der Waals surface area contributed by atoms with E-state index in [1.54, 1.807) is 9.80 Å². The third-order valence-electron chi connectivity index (χ3n) is 4.21. The molecule has 0 aliphatic carbocycles. The Bertz CT molecular complexity index is 906. The van der Waals surface area contributed by atoms with Crippen LogP contribution in [0.5, 0.6) is 0 Å². The minimum Gasteiger partial charge on any atom is -0.367 e. The number of alkyl halides is 3. The van der Waals surface area contributed by atoms with Gasteiger partial charge in [0.15, 0.2) is 0 Å². The number of carbonyl (C=O) groups excluding carboxylic acids is 1. The summed E-state index contributed by atoms with van der Waals surface area (Å²) in [6.07, 6.45) is -4.46. The fourth-order valence-corrected chi connectivity index (χ4v) is 3.74. The van der Waals surface area contributed by atoms with E-state index in [1.165, 1.54) is 23.5 Å². The fourth-order valence-electron chi connectivity index (χ4n) is 2.85. The summed E-state index contributed by atoms with van der Waals surface area (Å²) < 4.78 is 39.8. The molecule has 2 aromatic rings. The molecule has 0 atom stereocenters. The molecular weight excluding hydrogens is 397 g/mol. The molecule has 1 saturated heterocycles. The van der Waals surface area contributed by atoms with Gasteiger partial charge in [0.2, 0.25) is 0 Å². The number of hydrogen-bond donors (Lipinski definition) is 0. The van der Waals surface area contributed by atoms with E-state index in [9.17, 15) is 18.0 Å². The first-order valence-electron chi connectivity index (χ1n) is 8.23. The highest BCUT2D eigenvalue weighted by Crippen LogP contribution is 2.38. The van der Waals surface area contributed by atoms with Crippen molar-refractivity contribution in [1.29, 1.82) is 0 Å². The molecule has 1 fully saturated rings.